The van der Waals surface area contributed by atoms with Gasteiger partial charge in [-0.3, -0.25) is 15.0 Å². The van der Waals surface area contributed by atoms with Crippen LogP contribution in [0.25, 0.3) is 0 Å². The molecule has 0 aliphatic carbocycles. The molecule has 1 fully saturated rings. The fourth-order valence-corrected chi connectivity index (χ4v) is 4.07. The predicted octanol–water partition coefficient (Wildman–Crippen LogP) is 1.40. The molecule has 1 aliphatic heterocycles. The van der Waals surface area contributed by atoms with Crippen LogP contribution in [-0.4, -0.2) is 34.2 Å². The van der Waals surface area contributed by atoms with E-state index in [2.05, 4.69) is 15.0 Å². The number of aromatic nitrogens is 3. The highest BCUT2D eigenvalue weighted by molar-refractivity contribution is 7.89. The van der Waals surface area contributed by atoms with E-state index < -0.39 is 10.0 Å². The third kappa shape index (κ3) is 2.30. The van der Waals surface area contributed by atoms with Gasteiger partial charge in [-0.25, -0.2) is 8.42 Å². The minimum absolute atomic E-state index is 0.218. The molecule has 0 amide bonds. The first kappa shape index (κ1) is 13.1. The molecule has 6 nitrogen and oxygen atoms in total. The van der Waals surface area contributed by atoms with Crippen molar-refractivity contribution in [2.24, 2.45) is 0 Å². The van der Waals surface area contributed by atoms with Crippen LogP contribution in [0.15, 0.2) is 48.0 Å². The molecule has 1 atom stereocenters. The zero-order valence-electron chi connectivity index (χ0n) is 10.8. The minimum Gasteiger partial charge on any atom is -0.263 e. The zero-order valence-corrected chi connectivity index (χ0v) is 11.6. The lowest BCUT2D eigenvalue weighted by atomic mass is 10.2. The van der Waals surface area contributed by atoms with Gasteiger partial charge in [-0.05, 0) is 25.0 Å². The van der Waals surface area contributed by atoms with Crippen molar-refractivity contribution >= 4 is 10.0 Å². The summed E-state index contributed by atoms with van der Waals surface area (Å²) in [7, 11) is -3.53. The maximum absolute atomic E-state index is 12.7. The highest BCUT2D eigenvalue weighted by Crippen LogP contribution is 2.34. The summed E-state index contributed by atoms with van der Waals surface area (Å²) in [6.45, 7) is 0.498. The first-order valence-electron chi connectivity index (χ1n) is 6.37. The summed E-state index contributed by atoms with van der Waals surface area (Å²) >= 11 is 0. The Balaban J connectivity index is 1.97. The number of pyridine rings is 1. The number of nitrogens with zero attached hydrogens (tertiary/aromatic N) is 4. The van der Waals surface area contributed by atoms with Crippen LogP contribution in [0.4, 0.5) is 0 Å². The van der Waals surface area contributed by atoms with E-state index in [0.29, 0.717) is 12.2 Å². The van der Waals surface area contributed by atoms with Crippen LogP contribution >= 0.6 is 0 Å². The van der Waals surface area contributed by atoms with E-state index in [9.17, 15) is 8.42 Å². The number of rotatable bonds is 3. The van der Waals surface area contributed by atoms with Crippen molar-refractivity contribution in [3.8, 4) is 0 Å². The summed E-state index contributed by atoms with van der Waals surface area (Å²) in [6.07, 6.45) is 9.31. The second-order valence-corrected chi connectivity index (χ2v) is 6.48. The van der Waals surface area contributed by atoms with Crippen molar-refractivity contribution in [2.45, 2.75) is 23.8 Å². The molecule has 0 unspecified atom stereocenters. The van der Waals surface area contributed by atoms with Crippen LogP contribution in [0.2, 0.25) is 0 Å². The van der Waals surface area contributed by atoms with Gasteiger partial charge >= 0.3 is 0 Å². The third-order valence-corrected chi connectivity index (χ3v) is 5.26. The van der Waals surface area contributed by atoms with Gasteiger partial charge in [0, 0.05) is 31.3 Å². The van der Waals surface area contributed by atoms with Gasteiger partial charge in [-0.1, -0.05) is 0 Å². The molecule has 2 aromatic heterocycles. The maximum atomic E-state index is 12.7. The highest BCUT2D eigenvalue weighted by Gasteiger charge is 2.37. The monoisotopic (exact) mass is 290 g/mol. The Morgan fingerprint density at radius 1 is 1.15 bits per heavy atom. The molecule has 0 bridgehead atoms. The molecule has 0 radical (unpaired) electrons. The van der Waals surface area contributed by atoms with Crippen LogP contribution < -0.4 is 0 Å². The normalized spacial score (nSPS) is 20.1. The van der Waals surface area contributed by atoms with Crippen LogP contribution in [-0.2, 0) is 10.0 Å². The lowest BCUT2D eigenvalue weighted by molar-refractivity contribution is 0.389. The van der Waals surface area contributed by atoms with E-state index in [1.54, 1.807) is 36.9 Å². The Morgan fingerprint density at radius 2 is 2.00 bits per heavy atom. The number of sulfonamides is 1. The first-order valence-corrected chi connectivity index (χ1v) is 7.81. The number of hydrogen-bond donors (Lipinski definition) is 0. The molecule has 7 heteroatoms. The molecule has 1 aliphatic rings. The van der Waals surface area contributed by atoms with E-state index in [1.807, 2.05) is 0 Å². The van der Waals surface area contributed by atoms with Gasteiger partial charge in [0.2, 0.25) is 10.0 Å². The Bertz CT molecular complexity index is 676. The molecule has 0 aromatic carbocycles. The standard InChI is InChI=1S/C13H14N4O2S/c18-20(19,11-3-1-5-14-9-11)17-8-2-4-13(17)12-10-15-6-7-16-12/h1,3,5-7,9-10,13H,2,4,8H2/t13-/m0/s1. The maximum Gasteiger partial charge on any atom is 0.245 e. The van der Waals surface area contributed by atoms with Gasteiger partial charge in [0.1, 0.15) is 4.90 Å². The van der Waals surface area contributed by atoms with Crippen molar-refractivity contribution in [1.82, 2.24) is 19.3 Å². The second kappa shape index (κ2) is 5.26. The fraction of sp³-hybridized carbons (Fsp3) is 0.308. The molecular formula is C13H14N4O2S. The van der Waals surface area contributed by atoms with E-state index in [1.165, 1.54) is 10.5 Å². The molecule has 0 spiro atoms. The largest absolute Gasteiger partial charge is 0.263 e. The third-order valence-electron chi connectivity index (χ3n) is 3.37. The van der Waals surface area contributed by atoms with Crippen LogP contribution in [0.5, 0.6) is 0 Å². The van der Waals surface area contributed by atoms with Gasteiger partial charge in [0.05, 0.1) is 17.9 Å². The number of hydrogen-bond acceptors (Lipinski definition) is 5. The van der Waals surface area contributed by atoms with Gasteiger partial charge < -0.3 is 0 Å². The smallest absolute Gasteiger partial charge is 0.245 e. The van der Waals surface area contributed by atoms with Crippen molar-refractivity contribution in [3.63, 3.8) is 0 Å². The van der Waals surface area contributed by atoms with Crippen LogP contribution in [0.3, 0.4) is 0 Å². The molecule has 1 saturated heterocycles. The van der Waals surface area contributed by atoms with Crippen molar-refractivity contribution in [3.05, 3.63) is 48.8 Å². The topological polar surface area (TPSA) is 76.1 Å². The summed E-state index contributed by atoms with van der Waals surface area (Å²) < 4.78 is 26.8. The lowest BCUT2D eigenvalue weighted by Gasteiger charge is -2.23. The molecule has 0 saturated carbocycles. The van der Waals surface area contributed by atoms with Crippen molar-refractivity contribution < 1.29 is 8.42 Å². The summed E-state index contributed by atoms with van der Waals surface area (Å²) in [5.74, 6) is 0. The molecule has 2 aromatic rings. The lowest BCUT2D eigenvalue weighted by Crippen LogP contribution is -2.31. The van der Waals surface area contributed by atoms with Gasteiger partial charge in [-0.15, -0.1) is 0 Å². The second-order valence-electron chi connectivity index (χ2n) is 4.59. The molecule has 104 valence electrons. The van der Waals surface area contributed by atoms with Crippen molar-refractivity contribution in [1.29, 1.82) is 0 Å². The average Bonchev–Trinajstić information content (AvgIpc) is 2.99. The molecule has 20 heavy (non-hydrogen) atoms. The van der Waals surface area contributed by atoms with Gasteiger partial charge in [-0.2, -0.15) is 4.31 Å². The van der Waals surface area contributed by atoms with Crippen LogP contribution in [0.1, 0.15) is 24.6 Å². The quantitative estimate of drug-likeness (QED) is 0.854. The highest BCUT2D eigenvalue weighted by atomic mass is 32.2. The Labute approximate surface area is 117 Å². The molecule has 0 N–H and O–H groups in total. The van der Waals surface area contributed by atoms with Gasteiger partial charge in [0.25, 0.3) is 0 Å². The van der Waals surface area contributed by atoms with E-state index in [0.717, 1.165) is 12.8 Å². The SMILES string of the molecule is O=S(=O)(c1cccnc1)N1CCC[C@H]1c1cnccn1. The van der Waals surface area contributed by atoms with E-state index >= 15 is 0 Å². The molecule has 3 heterocycles. The average molecular weight is 290 g/mol. The first-order chi connectivity index (χ1) is 9.69. The summed E-state index contributed by atoms with van der Waals surface area (Å²) in [6, 6.07) is 2.95. The summed E-state index contributed by atoms with van der Waals surface area (Å²) in [5.41, 5.74) is 0.692. The van der Waals surface area contributed by atoms with Crippen LogP contribution in [0, 0.1) is 0 Å². The predicted molar refractivity (Wildman–Crippen MR) is 72.1 cm³/mol. The fourth-order valence-electron chi connectivity index (χ4n) is 2.44. The van der Waals surface area contributed by atoms with Crippen molar-refractivity contribution in [2.75, 3.05) is 6.54 Å². The Morgan fingerprint density at radius 3 is 2.70 bits per heavy atom. The molecule has 3 rings (SSSR count). The van der Waals surface area contributed by atoms with E-state index in [4.69, 9.17) is 0 Å². The van der Waals surface area contributed by atoms with E-state index in [-0.39, 0.29) is 10.9 Å². The Kier molecular flexibility index (Phi) is 3.45. The minimum atomic E-state index is -3.53. The summed E-state index contributed by atoms with van der Waals surface area (Å²) in [5, 5.41) is 0. The zero-order chi connectivity index (χ0) is 14.0. The molecular weight excluding hydrogens is 276 g/mol. The summed E-state index contributed by atoms with van der Waals surface area (Å²) in [4.78, 5) is 12.4. The Hall–Kier alpha value is -1.86. The van der Waals surface area contributed by atoms with Gasteiger partial charge in [0.15, 0.2) is 0 Å².